The van der Waals surface area contributed by atoms with Gasteiger partial charge in [0.15, 0.2) is 11.3 Å². The van der Waals surface area contributed by atoms with Crippen LogP contribution in [0.3, 0.4) is 0 Å². The number of alkyl halides is 3. The fourth-order valence-electron chi connectivity index (χ4n) is 2.64. The molecule has 0 atom stereocenters. The number of hydrogen-bond donors (Lipinski definition) is 1. The van der Waals surface area contributed by atoms with Crippen LogP contribution < -0.4 is 5.73 Å². The second-order valence-electron chi connectivity index (χ2n) is 6.05. The summed E-state index contributed by atoms with van der Waals surface area (Å²) in [6.45, 7) is 0. The molecule has 0 aliphatic rings. The van der Waals surface area contributed by atoms with E-state index in [1.54, 1.807) is 36.4 Å². The minimum absolute atomic E-state index is 0.000629. The fourth-order valence-corrected chi connectivity index (χ4v) is 2.77. The molecule has 4 aromatic rings. The smallest absolute Gasteiger partial charge is 0.384 e. The van der Waals surface area contributed by atoms with Crippen LogP contribution in [0.2, 0.25) is 5.02 Å². The second kappa shape index (κ2) is 7.11. The summed E-state index contributed by atoms with van der Waals surface area (Å²) in [7, 11) is 0. The number of hydrogen-bond acceptors (Lipinski definition) is 4. The molecule has 0 radical (unpaired) electrons. The SMILES string of the molecule is Nc1ccc(C#Cc2cnn3c(C(F)(F)F)cc(-c4ccc(Cl)cc4)nc23)cn1. The predicted octanol–water partition coefficient (Wildman–Crippen LogP) is 4.45. The molecule has 0 unspecified atom stereocenters. The van der Waals surface area contributed by atoms with E-state index in [1.165, 1.54) is 12.4 Å². The zero-order valence-corrected chi connectivity index (χ0v) is 15.3. The second-order valence-corrected chi connectivity index (χ2v) is 6.48. The van der Waals surface area contributed by atoms with Gasteiger partial charge in [0.1, 0.15) is 5.82 Å². The first-order valence-corrected chi connectivity index (χ1v) is 8.64. The average molecular weight is 414 g/mol. The van der Waals surface area contributed by atoms with Gasteiger partial charge in [-0.15, -0.1) is 0 Å². The van der Waals surface area contributed by atoms with Crippen LogP contribution in [0.1, 0.15) is 16.8 Å². The summed E-state index contributed by atoms with van der Waals surface area (Å²) in [5.41, 5.74) is 6.02. The molecule has 0 aliphatic heterocycles. The number of rotatable bonds is 1. The highest BCUT2D eigenvalue weighted by Crippen LogP contribution is 2.32. The Hall–Kier alpha value is -3.57. The molecular formula is C20H11ClF3N5. The number of aromatic nitrogens is 4. The normalized spacial score (nSPS) is 11.3. The van der Waals surface area contributed by atoms with E-state index in [2.05, 4.69) is 26.9 Å². The van der Waals surface area contributed by atoms with Crippen molar-refractivity contribution in [3.8, 4) is 23.1 Å². The number of nitrogens with two attached hydrogens (primary N) is 1. The Labute approximate surface area is 168 Å². The number of nitrogen functional groups attached to an aromatic ring is 1. The Bertz CT molecular complexity index is 1250. The first-order valence-electron chi connectivity index (χ1n) is 8.27. The minimum Gasteiger partial charge on any atom is -0.384 e. The third-order valence-corrected chi connectivity index (χ3v) is 4.28. The first kappa shape index (κ1) is 18.8. The molecule has 0 saturated heterocycles. The highest BCUT2D eigenvalue weighted by Gasteiger charge is 2.35. The third-order valence-electron chi connectivity index (χ3n) is 4.03. The molecule has 3 aromatic heterocycles. The Morgan fingerprint density at radius 1 is 1.00 bits per heavy atom. The maximum Gasteiger partial charge on any atom is 0.433 e. The van der Waals surface area contributed by atoms with Crippen molar-refractivity contribution in [1.82, 2.24) is 19.6 Å². The average Bonchev–Trinajstić information content (AvgIpc) is 3.09. The van der Waals surface area contributed by atoms with E-state index < -0.39 is 11.9 Å². The van der Waals surface area contributed by atoms with Gasteiger partial charge in [0, 0.05) is 22.3 Å². The van der Waals surface area contributed by atoms with Gasteiger partial charge in [0.05, 0.1) is 17.5 Å². The number of pyridine rings is 1. The monoisotopic (exact) mass is 413 g/mol. The van der Waals surface area contributed by atoms with Crippen molar-refractivity contribution in [2.45, 2.75) is 6.18 Å². The van der Waals surface area contributed by atoms with Gasteiger partial charge in [-0.2, -0.15) is 18.3 Å². The van der Waals surface area contributed by atoms with Crippen molar-refractivity contribution in [3.05, 3.63) is 76.7 Å². The number of anilines is 1. The summed E-state index contributed by atoms with van der Waals surface area (Å²) in [4.78, 5) is 8.28. The van der Waals surface area contributed by atoms with Gasteiger partial charge in [-0.3, -0.25) is 0 Å². The van der Waals surface area contributed by atoms with E-state index in [0.717, 1.165) is 10.6 Å². The van der Waals surface area contributed by atoms with Gasteiger partial charge in [-0.1, -0.05) is 35.6 Å². The molecule has 3 heterocycles. The molecule has 2 N–H and O–H groups in total. The number of halogens is 4. The summed E-state index contributed by atoms with van der Waals surface area (Å²) in [6.07, 6.45) is -1.90. The molecule has 1 aromatic carbocycles. The van der Waals surface area contributed by atoms with Crippen LogP contribution in [-0.4, -0.2) is 19.6 Å². The molecule has 0 saturated carbocycles. The lowest BCUT2D eigenvalue weighted by atomic mass is 10.1. The van der Waals surface area contributed by atoms with E-state index in [4.69, 9.17) is 17.3 Å². The summed E-state index contributed by atoms with van der Waals surface area (Å²) in [5, 5.41) is 4.31. The molecule has 0 aliphatic carbocycles. The van der Waals surface area contributed by atoms with Gasteiger partial charge in [-0.05, 0) is 30.3 Å². The van der Waals surface area contributed by atoms with Crippen molar-refractivity contribution < 1.29 is 13.2 Å². The number of benzene rings is 1. The van der Waals surface area contributed by atoms with Crippen LogP contribution in [0.15, 0.2) is 54.9 Å². The first-order chi connectivity index (χ1) is 13.8. The lowest BCUT2D eigenvalue weighted by molar-refractivity contribution is -0.142. The molecule has 0 fully saturated rings. The molecule has 29 heavy (non-hydrogen) atoms. The maximum atomic E-state index is 13.6. The van der Waals surface area contributed by atoms with E-state index in [-0.39, 0.29) is 16.9 Å². The zero-order chi connectivity index (χ0) is 20.6. The Morgan fingerprint density at radius 2 is 1.76 bits per heavy atom. The lowest BCUT2D eigenvalue weighted by Crippen LogP contribution is -2.13. The largest absolute Gasteiger partial charge is 0.433 e. The molecule has 144 valence electrons. The van der Waals surface area contributed by atoms with E-state index >= 15 is 0 Å². The van der Waals surface area contributed by atoms with Crippen molar-refractivity contribution in [2.75, 3.05) is 5.73 Å². The summed E-state index contributed by atoms with van der Waals surface area (Å²) < 4.78 is 41.6. The van der Waals surface area contributed by atoms with Crippen molar-refractivity contribution in [3.63, 3.8) is 0 Å². The fraction of sp³-hybridized carbons (Fsp3) is 0.0500. The summed E-state index contributed by atoms with van der Waals surface area (Å²) >= 11 is 5.87. The Kier molecular flexibility index (Phi) is 4.60. The molecule has 0 spiro atoms. The van der Waals surface area contributed by atoms with Crippen LogP contribution in [0, 0.1) is 11.8 Å². The predicted molar refractivity (Wildman–Crippen MR) is 103 cm³/mol. The molecule has 5 nitrogen and oxygen atoms in total. The molecule has 4 rings (SSSR count). The lowest BCUT2D eigenvalue weighted by Gasteiger charge is -2.11. The van der Waals surface area contributed by atoms with Gasteiger partial charge in [0.25, 0.3) is 0 Å². The van der Waals surface area contributed by atoms with Crippen LogP contribution in [0.5, 0.6) is 0 Å². The zero-order valence-electron chi connectivity index (χ0n) is 14.6. The molecule has 0 bridgehead atoms. The van der Waals surface area contributed by atoms with Gasteiger partial charge < -0.3 is 5.73 Å². The van der Waals surface area contributed by atoms with E-state index in [9.17, 15) is 13.2 Å². The van der Waals surface area contributed by atoms with Crippen LogP contribution in [0.25, 0.3) is 16.9 Å². The van der Waals surface area contributed by atoms with Crippen LogP contribution >= 0.6 is 11.6 Å². The van der Waals surface area contributed by atoms with Crippen molar-refractivity contribution in [1.29, 1.82) is 0 Å². The highest BCUT2D eigenvalue weighted by atomic mass is 35.5. The Morgan fingerprint density at radius 3 is 2.41 bits per heavy atom. The van der Waals surface area contributed by atoms with Crippen molar-refractivity contribution >= 4 is 23.1 Å². The minimum atomic E-state index is -4.63. The number of fused-ring (bicyclic) bond motifs is 1. The topological polar surface area (TPSA) is 69.1 Å². The molecule has 9 heteroatoms. The highest BCUT2D eigenvalue weighted by molar-refractivity contribution is 6.30. The summed E-state index contributed by atoms with van der Waals surface area (Å²) in [6, 6.07) is 10.6. The maximum absolute atomic E-state index is 13.6. The number of nitrogens with zero attached hydrogens (tertiary/aromatic N) is 4. The molecular weight excluding hydrogens is 403 g/mol. The Balaban J connectivity index is 1.88. The van der Waals surface area contributed by atoms with E-state index in [1.807, 2.05) is 0 Å². The van der Waals surface area contributed by atoms with Crippen LogP contribution in [-0.2, 0) is 6.18 Å². The van der Waals surface area contributed by atoms with Gasteiger partial charge in [0.2, 0.25) is 0 Å². The summed E-state index contributed by atoms with van der Waals surface area (Å²) in [5.74, 6) is 5.98. The van der Waals surface area contributed by atoms with Gasteiger partial charge >= 0.3 is 6.18 Å². The van der Waals surface area contributed by atoms with E-state index in [0.29, 0.717) is 22.0 Å². The third kappa shape index (κ3) is 3.86. The quantitative estimate of drug-likeness (QED) is 0.468. The van der Waals surface area contributed by atoms with Gasteiger partial charge in [-0.25, -0.2) is 14.5 Å². The van der Waals surface area contributed by atoms with Crippen molar-refractivity contribution in [2.24, 2.45) is 0 Å². The standard InChI is InChI=1S/C20H11ClF3N5/c21-15-6-4-13(5-7-15)16-9-17(20(22,23)24)29-19(28-16)14(11-27-29)3-1-12-2-8-18(25)26-10-12/h2,4-11H,(H2,25,26). The van der Waals surface area contributed by atoms with Crippen LogP contribution in [0.4, 0.5) is 19.0 Å². The molecule has 0 amide bonds.